The Kier molecular flexibility index (Phi) is 1.79. The molecule has 0 amide bonds. The lowest BCUT2D eigenvalue weighted by Crippen LogP contribution is -2.15. The number of alkyl halides is 3. The van der Waals surface area contributed by atoms with Gasteiger partial charge < -0.3 is 4.57 Å². The summed E-state index contributed by atoms with van der Waals surface area (Å²) in [6.45, 7) is 0.236. The molecule has 0 spiro atoms. The van der Waals surface area contributed by atoms with Crippen molar-refractivity contribution in [2.24, 2.45) is 0 Å². The molecule has 1 aliphatic heterocycles. The molecule has 3 nitrogen and oxygen atoms in total. The van der Waals surface area contributed by atoms with Crippen molar-refractivity contribution in [1.29, 1.82) is 0 Å². The van der Waals surface area contributed by atoms with Gasteiger partial charge in [-0.2, -0.15) is 25.8 Å². The zero-order valence-corrected chi connectivity index (χ0v) is 7.31. The Morgan fingerprint density at radius 2 is 2.08 bits per heavy atom. The van der Waals surface area contributed by atoms with E-state index >= 15 is 0 Å². The molecule has 0 radical (unpaired) electrons. The third kappa shape index (κ3) is 1.41. The SMILES string of the molecule is FC(F)(F)c1nnc2n1CC(S)C2. The molecule has 13 heavy (non-hydrogen) atoms. The second-order valence-electron chi connectivity index (χ2n) is 2.91. The van der Waals surface area contributed by atoms with Gasteiger partial charge in [-0.25, -0.2) is 0 Å². The first-order valence-electron chi connectivity index (χ1n) is 3.66. The zero-order chi connectivity index (χ0) is 9.64. The maximum Gasteiger partial charge on any atom is 0.451 e. The zero-order valence-electron chi connectivity index (χ0n) is 6.41. The summed E-state index contributed by atoms with van der Waals surface area (Å²) in [7, 11) is 0. The van der Waals surface area contributed by atoms with E-state index in [0.29, 0.717) is 12.2 Å². The standard InChI is InChI=1S/C6H6F3N3S/c7-6(8,9)5-11-10-4-1-3(13)2-12(4)5/h3,13H,1-2H2. The second kappa shape index (κ2) is 2.63. The van der Waals surface area contributed by atoms with Gasteiger partial charge in [0.05, 0.1) is 0 Å². The third-order valence-electron chi connectivity index (χ3n) is 1.89. The lowest BCUT2D eigenvalue weighted by molar-refractivity contribution is -0.147. The summed E-state index contributed by atoms with van der Waals surface area (Å²) in [5.41, 5.74) is 0. The molecule has 1 atom stereocenters. The number of halogens is 3. The van der Waals surface area contributed by atoms with Crippen LogP contribution in [0.15, 0.2) is 0 Å². The molecule has 1 aromatic heterocycles. The van der Waals surface area contributed by atoms with Crippen LogP contribution >= 0.6 is 12.6 Å². The first-order valence-corrected chi connectivity index (χ1v) is 4.17. The Balaban J connectivity index is 2.42. The van der Waals surface area contributed by atoms with E-state index in [9.17, 15) is 13.2 Å². The molecular formula is C6H6F3N3S. The summed E-state index contributed by atoms with van der Waals surface area (Å²) in [5.74, 6) is -0.550. The smallest absolute Gasteiger partial charge is 0.306 e. The molecule has 1 unspecified atom stereocenters. The summed E-state index contributed by atoms with van der Waals surface area (Å²) in [4.78, 5) is 0. The lowest BCUT2D eigenvalue weighted by atomic mass is 10.3. The van der Waals surface area contributed by atoms with Gasteiger partial charge >= 0.3 is 6.18 Å². The number of rotatable bonds is 0. The molecule has 0 saturated heterocycles. The molecular weight excluding hydrogens is 203 g/mol. The predicted octanol–water partition coefficient (Wildman–Crippen LogP) is 1.15. The van der Waals surface area contributed by atoms with E-state index < -0.39 is 12.0 Å². The highest BCUT2D eigenvalue weighted by molar-refractivity contribution is 7.80. The summed E-state index contributed by atoms with van der Waals surface area (Å²) >= 11 is 4.09. The number of thiol groups is 1. The van der Waals surface area contributed by atoms with Crippen LogP contribution < -0.4 is 0 Å². The highest BCUT2D eigenvalue weighted by Gasteiger charge is 2.40. The van der Waals surface area contributed by atoms with Crippen molar-refractivity contribution in [3.05, 3.63) is 11.6 Å². The molecule has 1 aromatic rings. The summed E-state index contributed by atoms with van der Waals surface area (Å²) in [6, 6.07) is 0. The molecule has 2 rings (SSSR count). The van der Waals surface area contributed by atoms with Gasteiger partial charge in [-0.3, -0.25) is 0 Å². The predicted molar refractivity (Wildman–Crippen MR) is 41.5 cm³/mol. The first-order chi connectivity index (χ1) is 5.98. The fraction of sp³-hybridized carbons (Fsp3) is 0.667. The summed E-state index contributed by atoms with van der Waals surface area (Å²) < 4.78 is 37.8. The van der Waals surface area contributed by atoms with Gasteiger partial charge in [-0.1, -0.05) is 0 Å². The van der Waals surface area contributed by atoms with E-state index in [1.165, 1.54) is 0 Å². The molecule has 0 N–H and O–H groups in total. The van der Waals surface area contributed by atoms with Crippen LogP contribution in [0.2, 0.25) is 0 Å². The van der Waals surface area contributed by atoms with Gasteiger partial charge in [-0.05, 0) is 0 Å². The molecule has 0 aliphatic carbocycles. The quantitative estimate of drug-likeness (QED) is 0.650. The van der Waals surface area contributed by atoms with Crippen molar-refractivity contribution < 1.29 is 13.2 Å². The number of aromatic nitrogens is 3. The van der Waals surface area contributed by atoms with E-state index in [-0.39, 0.29) is 11.8 Å². The van der Waals surface area contributed by atoms with Crippen LogP contribution in [-0.4, -0.2) is 20.0 Å². The Bertz CT molecular complexity index is 332. The Morgan fingerprint density at radius 1 is 1.38 bits per heavy atom. The van der Waals surface area contributed by atoms with Crippen molar-refractivity contribution in [3.8, 4) is 0 Å². The van der Waals surface area contributed by atoms with E-state index in [4.69, 9.17) is 0 Å². The van der Waals surface area contributed by atoms with Crippen molar-refractivity contribution >= 4 is 12.6 Å². The van der Waals surface area contributed by atoms with Gasteiger partial charge in [0, 0.05) is 18.2 Å². The van der Waals surface area contributed by atoms with Crippen molar-refractivity contribution in [3.63, 3.8) is 0 Å². The van der Waals surface area contributed by atoms with Crippen LogP contribution in [0.3, 0.4) is 0 Å². The molecule has 7 heteroatoms. The topological polar surface area (TPSA) is 30.7 Å². The molecule has 0 bridgehead atoms. The first kappa shape index (κ1) is 8.86. The fourth-order valence-corrected chi connectivity index (χ4v) is 1.70. The van der Waals surface area contributed by atoms with Gasteiger partial charge in [0.2, 0.25) is 5.82 Å². The van der Waals surface area contributed by atoms with Crippen LogP contribution in [-0.2, 0) is 19.1 Å². The van der Waals surface area contributed by atoms with E-state index in [2.05, 4.69) is 22.8 Å². The van der Waals surface area contributed by atoms with Crippen LogP contribution in [0.4, 0.5) is 13.2 Å². The summed E-state index contributed by atoms with van der Waals surface area (Å²) in [5, 5.41) is 6.48. The normalized spacial score (nSPS) is 22.0. The Morgan fingerprint density at radius 3 is 2.69 bits per heavy atom. The average Bonchev–Trinajstić information content (AvgIpc) is 2.41. The number of fused-ring (bicyclic) bond motifs is 1. The van der Waals surface area contributed by atoms with Crippen LogP contribution in [0.1, 0.15) is 11.6 Å². The number of hydrogen-bond donors (Lipinski definition) is 1. The van der Waals surface area contributed by atoms with Gasteiger partial charge in [0.1, 0.15) is 5.82 Å². The molecule has 0 saturated carbocycles. The van der Waals surface area contributed by atoms with Gasteiger partial charge in [-0.15, -0.1) is 10.2 Å². The molecule has 0 fully saturated rings. The van der Waals surface area contributed by atoms with E-state index in [1.54, 1.807) is 0 Å². The van der Waals surface area contributed by atoms with Gasteiger partial charge in [0.25, 0.3) is 0 Å². The minimum absolute atomic E-state index is 0.0772. The van der Waals surface area contributed by atoms with Crippen molar-refractivity contribution in [2.75, 3.05) is 0 Å². The second-order valence-corrected chi connectivity index (χ2v) is 3.64. The number of hydrogen-bond acceptors (Lipinski definition) is 3. The molecule has 1 aliphatic rings. The highest BCUT2D eigenvalue weighted by Crippen LogP contribution is 2.31. The largest absolute Gasteiger partial charge is 0.451 e. The van der Waals surface area contributed by atoms with E-state index in [1.807, 2.05) is 0 Å². The third-order valence-corrected chi connectivity index (χ3v) is 2.24. The monoisotopic (exact) mass is 209 g/mol. The highest BCUT2D eigenvalue weighted by atomic mass is 32.1. The average molecular weight is 209 g/mol. The maximum absolute atomic E-state index is 12.3. The molecule has 0 aromatic carbocycles. The van der Waals surface area contributed by atoms with Crippen LogP contribution in [0.5, 0.6) is 0 Å². The summed E-state index contributed by atoms with van der Waals surface area (Å²) in [6.07, 6.45) is -3.96. The van der Waals surface area contributed by atoms with Crippen LogP contribution in [0, 0.1) is 0 Å². The Labute approximate surface area is 77.4 Å². The van der Waals surface area contributed by atoms with Gasteiger partial charge in [0.15, 0.2) is 0 Å². The van der Waals surface area contributed by atoms with Crippen molar-refractivity contribution in [2.45, 2.75) is 24.4 Å². The minimum atomic E-state index is -4.41. The van der Waals surface area contributed by atoms with E-state index in [0.717, 1.165) is 4.57 Å². The lowest BCUT2D eigenvalue weighted by Gasteiger charge is -2.06. The molecule has 2 heterocycles. The minimum Gasteiger partial charge on any atom is -0.306 e. The fourth-order valence-electron chi connectivity index (χ4n) is 1.37. The maximum atomic E-state index is 12.3. The Hall–Kier alpha value is -0.720. The molecule has 72 valence electrons. The van der Waals surface area contributed by atoms with Crippen LogP contribution in [0.25, 0.3) is 0 Å². The number of nitrogens with zero attached hydrogens (tertiary/aromatic N) is 3. The van der Waals surface area contributed by atoms with Crippen molar-refractivity contribution in [1.82, 2.24) is 14.8 Å².